The summed E-state index contributed by atoms with van der Waals surface area (Å²) in [5.41, 5.74) is 0.670. The summed E-state index contributed by atoms with van der Waals surface area (Å²) in [5.74, 6) is 3.28. The van der Waals surface area contributed by atoms with E-state index in [1.165, 1.54) is 19.3 Å². The van der Waals surface area contributed by atoms with Gasteiger partial charge in [-0.2, -0.15) is 0 Å². The molecule has 3 aliphatic rings. The molecule has 0 aromatic heterocycles. The largest absolute Gasteiger partial charge is 0.381 e. The number of para-hydroxylation sites is 1. The first-order valence-electron chi connectivity index (χ1n) is 6.94. The van der Waals surface area contributed by atoms with Gasteiger partial charge in [-0.15, -0.1) is 0 Å². The number of nitrogens with one attached hydrogen (secondary N) is 1. The van der Waals surface area contributed by atoms with Gasteiger partial charge in [0.25, 0.3) is 0 Å². The lowest BCUT2D eigenvalue weighted by Gasteiger charge is -2.14. The molecule has 0 amide bonds. The zero-order chi connectivity index (χ0) is 13.2. The number of hydrogen-bond acceptors (Lipinski definition) is 3. The summed E-state index contributed by atoms with van der Waals surface area (Å²) in [7, 11) is -3.65. The highest BCUT2D eigenvalue weighted by molar-refractivity contribution is 7.89. The van der Waals surface area contributed by atoms with Crippen LogP contribution in [0, 0.1) is 23.7 Å². The van der Waals surface area contributed by atoms with Crippen molar-refractivity contribution in [1.82, 2.24) is 0 Å². The van der Waals surface area contributed by atoms with Gasteiger partial charge in [0, 0.05) is 6.04 Å². The Balaban J connectivity index is 1.59. The molecule has 102 valence electrons. The van der Waals surface area contributed by atoms with Gasteiger partial charge in [0.05, 0.1) is 5.69 Å². The summed E-state index contributed by atoms with van der Waals surface area (Å²) in [4.78, 5) is 0.215. The van der Waals surface area contributed by atoms with Gasteiger partial charge in [-0.1, -0.05) is 12.1 Å². The Morgan fingerprint density at radius 3 is 2.37 bits per heavy atom. The number of sulfonamides is 1. The Kier molecular flexibility index (Phi) is 2.30. The molecular formula is C14H18N2O2S. The molecule has 0 heterocycles. The molecule has 0 radical (unpaired) electrons. The second kappa shape index (κ2) is 3.73. The molecule has 2 bridgehead atoms. The van der Waals surface area contributed by atoms with E-state index in [9.17, 15) is 8.42 Å². The molecule has 0 saturated heterocycles. The van der Waals surface area contributed by atoms with Crippen LogP contribution in [0.4, 0.5) is 5.69 Å². The zero-order valence-electron chi connectivity index (χ0n) is 10.6. The molecule has 3 N–H and O–H groups in total. The molecule has 1 aromatic carbocycles. The highest BCUT2D eigenvalue weighted by Crippen LogP contribution is 2.66. The number of anilines is 1. The average molecular weight is 278 g/mol. The fourth-order valence-corrected chi connectivity index (χ4v) is 5.23. The minimum Gasteiger partial charge on any atom is -0.381 e. The molecule has 3 saturated carbocycles. The second-order valence-electron chi connectivity index (χ2n) is 6.20. The Labute approximate surface area is 113 Å². The molecule has 4 nitrogen and oxygen atoms in total. The monoisotopic (exact) mass is 278 g/mol. The summed E-state index contributed by atoms with van der Waals surface area (Å²) in [6, 6.07) is 7.42. The minimum absolute atomic E-state index is 0.215. The molecule has 3 fully saturated rings. The predicted molar refractivity (Wildman–Crippen MR) is 73.0 cm³/mol. The van der Waals surface area contributed by atoms with Crippen LogP contribution in [0.1, 0.15) is 19.3 Å². The molecule has 19 heavy (non-hydrogen) atoms. The van der Waals surface area contributed by atoms with E-state index >= 15 is 0 Å². The number of rotatable bonds is 3. The minimum atomic E-state index is -3.65. The summed E-state index contributed by atoms with van der Waals surface area (Å²) >= 11 is 0. The van der Waals surface area contributed by atoms with Gasteiger partial charge >= 0.3 is 0 Å². The number of nitrogens with two attached hydrogens (primary N) is 1. The van der Waals surface area contributed by atoms with E-state index in [0.29, 0.717) is 11.7 Å². The van der Waals surface area contributed by atoms with Crippen LogP contribution >= 0.6 is 0 Å². The fraction of sp³-hybridized carbons (Fsp3) is 0.571. The van der Waals surface area contributed by atoms with E-state index in [1.54, 1.807) is 12.1 Å². The molecule has 3 aliphatic carbocycles. The van der Waals surface area contributed by atoms with Gasteiger partial charge in [-0.25, -0.2) is 13.6 Å². The summed E-state index contributed by atoms with van der Waals surface area (Å²) < 4.78 is 23.2. The number of primary sulfonamides is 1. The van der Waals surface area contributed by atoms with Crippen LogP contribution in [0.2, 0.25) is 0 Å². The topological polar surface area (TPSA) is 72.2 Å². The standard InChI is InChI=1S/C14H18N2O2S/c15-19(17,18)11-4-2-1-3-10(11)16-14-12-8-5-6-9(7-8)13(12)14/h1-4,8-9,12-14,16H,5-7H2,(H2,15,17,18). The number of fused-ring (bicyclic) bond motifs is 5. The van der Waals surface area contributed by atoms with E-state index in [0.717, 1.165) is 23.7 Å². The lowest BCUT2D eigenvalue weighted by atomic mass is 10.0. The normalized spacial score (nSPS) is 39.1. The lowest BCUT2D eigenvalue weighted by Crippen LogP contribution is -2.18. The van der Waals surface area contributed by atoms with E-state index < -0.39 is 10.0 Å². The Morgan fingerprint density at radius 1 is 1.11 bits per heavy atom. The van der Waals surface area contributed by atoms with Crippen molar-refractivity contribution < 1.29 is 8.42 Å². The molecule has 4 unspecified atom stereocenters. The quantitative estimate of drug-likeness (QED) is 0.885. The highest BCUT2D eigenvalue weighted by atomic mass is 32.2. The van der Waals surface area contributed by atoms with Crippen LogP contribution in [-0.4, -0.2) is 14.5 Å². The maximum Gasteiger partial charge on any atom is 0.240 e. The predicted octanol–water partition coefficient (Wildman–Crippen LogP) is 1.79. The van der Waals surface area contributed by atoms with Crippen molar-refractivity contribution in [2.45, 2.75) is 30.2 Å². The Hall–Kier alpha value is -1.07. The van der Waals surface area contributed by atoms with E-state index in [4.69, 9.17) is 5.14 Å². The zero-order valence-corrected chi connectivity index (χ0v) is 11.4. The molecule has 0 spiro atoms. The van der Waals surface area contributed by atoms with Crippen molar-refractivity contribution in [3.63, 3.8) is 0 Å². The van der Waals surface area contributed by atoms with Crippen LogP contribution < -0.4 is 10.5 Å². The SMILES string of the molecule is NS(=O)(=O)c1ccccc1NC1C2C3CCC(C3)C12. The fourth-order valence-electron chi connectivity index (χ4n) is 4.53. The van der Waals surface area contributed by atoms with Crippen molar-refractivity contribution in [2.24, 2.45) is 28.8 Å². The molecule has 5 heteroatoms. The second-order valence-corrected chi connectivity index (χ2v) is 7.73. The van der Waals surface area contributed by atoms with Crippen LogP contribution in [0.15, 0.2) is 29.2 Å². The van der Waals surface area contributed by atoms with Gasteiger partial charge in [0.15, 0.2) is 0 Å². The highest BCUT2D eigenvalue weighted by Gasteiger charge is 2.65. The first-order chi connectivity index (χ1) is 9.05. The summed E-state index contributed by atoms with van der Waals surface area (Å²) in [5, 5.41) is 8.70. The third-order valence-corrected chi connectivity index (χ3v) is 6.22. The van der Waals surface area contributed by atoms with E-state index in [-0.39, 0.29) is 4.90 Å². The summed E-state index contributed by atoms with van der Waals surface area (Å²) in [6.07, 6.45) is 4.12. The van der Waals surface area contributed by atoms with Gasteiger partial charge in [0.1, 0.15) is 4.90 Å². The van der Waals surface area contributed by atoms with Crippen LogP contribution in [0.3, 0.4) is 0 Å². The molecule has 0 aliphatic heterocycles. The van der Waals surface area contributed by atoms with E-state index in [1.807, 2.05) is 12.1 Å². The van der Waals surface area contributed by atoms with Gasteiger partial charge in [0.2, 0.25) is 10.0 Å². The lowest BCUT2D eigenvalue weighted by molar-refractivity contribution is 0.456. The van der Waals surface area contributed by atoms with Crippen LogP contribution in [-0.2, 0) is 10.0 Å². The van der Waals surface area contributed by atoms with Gasteiger partial charge in [-0.05, 0) is 55.1 Å². The molecular weight excluding hydrogens is 260 g/mol. The van der Waals surface area contributed by atoms with Crippen molar-refractivity contribution in [3.8, 4) is 0 Å². The van der Waals surface area contributed by atoms with Gasteiger partial charge < -0.3 is 5.32 Å². The first-order valence-corrected chi connectivity index (χ1v) is 8.49. The number of hydrogen-bond donors (Lipinski definition) is 2. The Morgan fingerprint density at radius 2 is 1.74 bits per heavy atom. The first kappa shape index (κ1) is 11.7. The van der Waals surface area contributed by atoms with Gasteiger partial charge in [-0.3, -0.25) is 0 Å². The van der Waals surface area contributed by atoms with Crippen LogP contribution in [0.5, 0.6) is 0 Å². The average Bonchev–Trinajstić information content (AvgIpc) is 2.77. The smallest absolute Gasteiger partial charge is 0.240 e. The Bertz CT molecular complexity index is 612. The van der Waals surface area contributed by atoms with Crippen molar-refractivity contribution >= 4 is 15.7 Å². The van der Waals surface area contributed by atoms with Crippen LogP contribution in [0.25, 0.3) is 0 Å². The number of benzene rings is 1. The maximum atomic E-state index is 11.6. The van der Waals surface area contributed by atoms with Crippen molar-refractivity contribution in [3.05, 3.63) is 24.3 Å². The third kappa shape index (κ3) is 1.71. The molecule has 4 rings (SSSR count). The van der Waals surface area contributed by atoms with Crippen molar-refractivity contribution in [2.75, 3.05) is 5.32 Å². The third-order valence-electron chi connectivity index (χ3n) is 5.25. The van der Waals surface area contributed by atoms with E-state index in [2.05, 4.69) is 5.32 Å². The maximum absolute atomic E-state index is 11.6. The summed E-state index contributed by atoms with van der Waals surface area (Å²) in [6.45, 7) is 0. The molecule has 1 aromatic rings. The molecule has 4 atom stereocenters. The van der Waals surface area contributed by atoms with Crippen molar-refractivity contribution in [1.29, 1.82) is 0 Å².